The number of nitrogens with one attached hydrogen (secondary N) is 1. The Hall–Kier alpha value is -1.53. The number of aliphatic hydroxyl groups excluding tert-OH is 1. The second kappa shape index (κ2) is 7.03. The molecule has 1 amide bonds. The number of amides is 1. The maximum absolute atomic E-state index is 12.1. The van der Waals surface area contributed by atoms with Crippen LogP contribution in [0.2, 0.25) is 0 Å². The highest BCUT2D eigenvalue weighted by Gasteiger charge is 2.16. The van der Waals surface area contributed by atoms with Crippen LogP contribution in [0.4, 0.5) is 5.69 Å². The number of carbonyl (C=O) groups is 1. The normalized spacial score (nSPS) is 12.4. The van der Waals surface area contributed by atoms with Crippen molar-refractivity contribution in [1.82, 2.24) is 9.88 Å². The van der Waals surface area contributed by atoms with Gasteiger partial charge in [0.05, 0.1) is 18.3 Å². The maximum Gasteiger partial charge on any atom is 0.268 e. The van der Waals surface area contributed by atoms with E-state index in [4.69, 9.17) is 15.6 Å². The quantitative estimate of drug-likeness (QED) is 0.650. The molecule has 1 aromatic rings. The van der Waals surface area contributed by atoms with E-state index >= 15 is 0 Å². The summed E-state index contributed by atoms with van der Waals surface area (Å²) in [5, 5.41) is 11.7. The van der Waals surface area contributed by atoms with E-state index in [9.17, 15) is 4.79 Å². The summed E-state index contributed by atoms with van der Waals surface area (Å²) < 4.78 is 6.78. The van der Waals surface area contributed by atoms with E-state index < -0.39 is 0 Å². The van der Waals surface area contributed by atoms with Crippen molar-refractivity contribution in [3.63, 3.8) is 0 Å². The van der Waals surface area contributed by atoms with Crippen LogP contribution in [-0.4, -0.2) is 41.9 Å². The third-order valence-electron chi connectivity index (χ3n) is 2.67. The highest BCUT2D eigenvalue weighted by Crippen LogP contribution is 2.11. The van der Waals surface area contributed by atoms with Crippen LogP contribution < -0.4 is 11.1 Å². The van der Waals surface area contributed by atoms with Gasteiger partial charge in [0.25, 0.3) is 5.91 Å². The zero-order valence-corrected chi connectivity index (χ0v) is 10.8. The minimum absolute atomic E-state index is 0.00519. The number of aromatic nitrogens is 1. The number of ether oxygens (including phenoxy) is 1. The van der Waals surface area contributed by atoms with Crippen molar-refractivity contribution in [3.05, 3.63) is 18.0 Å². The number of aryl methyl sites for hydroxylation is 1. The number of methoxy groups -OCH3 is 1. The van der Waals surface area contributed by atoms with Gasteiger partial charge in [0.1, 0.15) is 5.69 Å². The molecule has 0 aliphatic carbocycles. The van der Waals surface area contributed by atoms with Crippen molar-refractivity contribution >= 4 is 11.6 Å². The monoisotopic (exact) mass is 255 g/mol. The summed E-state index contributed by atoms with van der Waals surface area (Å²) in [6, 6.07) is 1.44. The van der Waals surface area contributed by atoms with Crippen LogP contribution in [0.3, 0.4) is 0 Å². The van der Waals surface area contributed by atoms with E-state index in [1.807, 2.05) is 6.92 Å². The number of aliphatic hydroxyl groups is 1. The molecular formula is C12H21N3O3. The zero-order valence-electron chi connectivity index (χ0n) is 10.8. The van der Waals surface area contributed by atoms with E-state index in [0.29, 0.717) is 31.0 Å². The molecule has 1 atom stereocenters. The molecule has 1 aromatic heterocycles. The topological polar surface area (TPSA) is 89.5 Å². The smallest absolute Gasteiger partial charge is 0.268 e. The molecule has 4 N–H and O–H groups in total. The number of nitrogens with two attached hydrogens (primary N) is 1. The average Bonchev–Trinajstić information content (AvgIpc) is 2.71. The van der Waals surface area contributed by atoms with Crippen LogP contribution in [-0.2, 0) is 11.3 Å². The van der Waals surface area contributed by atoms with Gasteiger partial charge in [-0.1, -0.05) is 0 Å². The first-order chi connectivity index (χ1) is 8.62. The zero-order chi connectivity index (χ0) is 13.5. The van der Waals surface area contributed by atoms with Gasteiger partial charge in [0.15, 0.2) is 0 Å². The van der Waals surface area contributed by atoms with Gasteiger partial charge in [-0.2, -0.15) is 0 Å². The van der Waals surface area contributed by atoms with Crippen LogP contribution in [0.1, 0.15) is 23.8 Å². The summed E-state index contributed by atoms with van der Waals surface area (Å²) in [7, 11) is 1.56. The molecule has 0 radical (unpaired) electrons. The van der Waals surface area contributed by atoms with Crippen molar-refractivity contribution in [2.75, 3.05) is 26.1 Å². The first kappa shape index (κ1) is 14.5. The number of carbonyl (C=O) groups excluding carboxylic acids is 1. The molecule has 0 aromatic carbocycles. The first-order valence-corrected chi connectivity index (χ1v) is 5.98. The van der Waals surface area contributed by atoms with Crippen LogP contribution in [0.15, 0.2) is 12.3 Å². The second-order valence-electron chi connectivity index (χ2n) is 4.08. The Morgan fingerprint density at radius 1 is 1.67 bits per heavy atom. The minimum atomic E-state index is -0.205. The number of hydrogen-bond donors (Lipinski definition) is 3. The third-order valence-corrected chi connectivity index (χ3v) is 2.67. The predicted molar refractivity (Wildman–Crippen MR) is 69.4 cm³/mol. The van der Waals surface area contributed by atoms with Crippen LogP contribution in [0.5, 0.6) is 0 Å². The molecule has 102 valence electrons. The lowest BCUT2D eigenvalue weighted by Gasteiger charge is -2.17. The van der Waals surface area contributed by atoms with Gasteiger partial charge in [-0.3, -0.25) is 4.79 Å². The summed E-state index contributed by atoms with van der Waals surface area (Å²) in [5.41, 5.74) is 6.76. The number of nitrogens with zero attached hydrogens (tertiary/aromatic N) is 1. The highest BCUT2D eigenvalue weighted by molar-refractivity contribution is 5.94. The molecule has 0 fully saturated rings. The first-order valence-electron chi connectivity index (χ1n) is 5.98. The maximum atomic E-state index is 12.1. The Bertz CT molecular complexity index is 384. The molecule has 0 saturated carbocycles. The van der Waals surface area contributed by atoms with E-state index in [2.05, 4.69) is 5.32 Å². The highest BCUT2D eigenvalue weighted by atomic mass is 16.5. The van der Waals surface area contributed by atoms with Crippen molar-refractivity contribution < 1.29 is 14.6 Å². The molecule has 0 bridgehead atoms. The van der Waals surface area contributed by atoms with Gasteiger partial charge in [0, 0.05) is 26.5 Å². The van der Waals surface area contributed by atoms with Crippen molar-refractivity contribution in [1.29, 1.82) is 0 Å². The summed E-state index contributed by atoms with van der Waals surface area (Å²) in [6.45, 7) is 2.99. The van der Waals surface area contributed by atoms with Gasteiger partial charge < -0.3 is 25.5 Å². The molecule has 0 aliphatic rings. The van der Waals surface area contributed by atoms with Crippen LogP contribution >= 0.6 is 0 Å². The predicted octanol–water partition coefficient (Wildman–Crippen LogP) is 0.217. The fourth-order valence-corrected chi connectivity index (χ4v) is 1.80. The molecule has 1 rings (SSSR count). The molecule has 1 heterocycles. The summed E-state index contributed by atoms with van der Waals surface area (Å²) >= 11 is 0. The molecule has 18 heavy (non-hydrogen) atoms. The number of rotatable bonds is 7. The van der Waals surface area contributed by atoms with Crippen molar-refractivity contribution in [2.24, 2.45) is 0 Å². The summed E-state index contributed by atoms with van der Waals surface area (Å²) in [5.74, 6) is -0.205. The van der Waals surface area contributed by atoms with Crippen molar-refractivity contribution in [3.8, 4) is 0 Å². The number of hydrogen-bond acceptors (Lipinski definition) is 4. The summed E-state index contributed by atoms with van der Waals surface area (Å²) in [6.07, 6.45) is 2.19. The number of nitrogen functional groups attached to an aromatic ring is 1. The Morgan fingerprint density at radius 2 is 2.39 bits per heavy atom. The minimum Gasteiger partial charge on any atom is -0.397 e. The van der Waals surface area contributed by atoms with Crippen LogP contribution in [0, 0.1) is 0 Å². The molecule has 1 unspecified atom stereocenters. The van der Waals surface area contributed by atoms with Crippen molar-refractivity contribution in [2.45, 2.75) is 25.9 Å². The molecular weight excluding hydrogens is 234 g/mol. The lowest BCUT2D eigenvalue weighted by Crippen LogP contribution is -2.39. The molecule has 6 nitrogen and oxygen atoms in total. The van der Waals surface area contributed by atoms with E-state index in [1.165, 1.54) is 0 Å². The van der Waals surface area contributed by atoms with Gasteiger partial charge in [0.2, 0.25) is 0 Å². The molecule has 0 spiro atoms. The third kappa shape index (κ3) is 3.75. The lowest BCUT2D eigenvalue weighted by molar-refractivity contribution is 0.0870. The number of anilines is 1. The Morgan fingerprint density at radius 3 is 2.94 bits per heavy atom. The van der Waals surface area contributed by atoms with Crippen LogP contribution in [0.25, 0.3) is 0 Å². The Labute approximate surface area is 107 Å². The van der Waals surface area contributed by atoms with E-state index in [1.54, 1.807) is 23.9 Å². The van der Waals surface area contributed by atoms with Gasteiger partial charge in [-0.15, -0.1) is 0 Å². The fraction of sp³-hybridized carbons (Fsp3) is 0.583. The molecule has 0 aliphatic heterocycles. The molecule has 6 heteroatoms. The van der Waals surface area contributed by atoms with Gasteiger partial charge >= 0.3 is 0 Å². The van der Waals surface area contributed by atoms with E-state index in [-0.39, 0.29) is 18.6 Å². The standard InChI is InChI=1S/C12H21N3O3/c1-3-15-7-9(13)6-11(15)12(17)14-10(4-5-16)8-18-2/h6-7,10,16H,3-5,8,13H2,1-2H3,(H,14,17). The Balaban J connectivity index is 2.73. The van der Waals surface area contributed by atoms with E-state index in [0.717, 1.165) is 0 Å². The molecule has 0 saturated heterocycles. The second-order valence-corrected chi connectivity index (χ2v) is 4.08. The summed E-state index contributed by atoms with van der Waals surface area (Å²) in [4.78, 5) is 12.1. The Kier molecular flexibility index (Phi) is 5.67. The SMILES string of the molecule is CCn1cc(N)cc1C(=O)NC(CCO)COC. The lowest BCUT2D eigenvalue weighted by atomic mass is 10.2. The van der Waals surface area contributed by atoms with Gasteiger partial charge in [-0.25, -0.2) is 0 Å². The van der Waals surface area contributed by atoms with Gasteiger partial charge in [-0.05, 0) is 19.4 Å². The fourth-order valence-electron chi connectivity index (χ4n) is 1.80. The average molecular weight is 255 g/mol. The largest absolute Gasteiger partial charge is 0.397 e.